The molecular formula is C27H27Cl3N2O2S. The number of amides is 2. The minimum absolute atomic E-state index is 0.132. The monoisotopic (exact) mass is 548 g/mol. The number of carbonyl (C=O) groups is 2. The Morgan fingerprint density at radius 2 is 1.54 bits per heavy atom. The zero-order valence-electron chi connectivity index (χ0n) is 19.3. The number of carbonyl (C=O) groups excluding carboxylic acids is 2. The average Bonchev–Trinajstić information content (AvgIpc) is 2.85. The minimum Gasteiger partial charge on any atom is -0.355 e. The Kier molecular flexibility index (Phi) is 10.8. The van der Waals surface area contributed by atoms with E-state index < -0.39 is 6.04 Å². The summed E-state index contributed by atoms with van der Waals surface area (Å²) >= 11 is 20.3. The summed E-state index contributed by atoms with van der Waals surface area (Å²) in [5.41, 5.74) is 2.65. The second-order valence-electron chi connectivity index (χ2n) is 7.94. The normalized spacial score (nSPS) is 11.7. The topological polar surface area (TPSA) is 49.4 Å². The Hall–Kier alpha value is -2.18. The van der Waals surface area contributed by atoms with Gasteiger partial charge in [0.25, 0.3) is 0 Å². The largest absolute Gasteiger partial charge is 0.355 e. The summed E-state index contributed by atoms with van der Waals surface area (Å²) in [7, 11) is 0. The molecule has 0 aromatic heterocycles. The second-order valence-corrected chi connectivity index (χ2v) is 10.2. The molecule has 0 aliphatic heterocycles. The highest BCUT2D eigenvalue weighted by Gasteiger charge is 2.31. The smallest absolute Gasteiger partial charge is 0.243 e. The maximum Gasteiger partial charge on any atom is 0.243 e. The van der Waals surface area contributed by atoms with Gasteiger partial charge in [-0.05, 0) is 42.3 Å². The zero-order valence-corrected chi connectivity index (χ0v) is 22.4. The number of benzene rings is 3. The highest BCUT2D eigenvalue weighted by molar-refractivity contribution is 7.99. The molecule has 0 bridgehead atoms. The molecule has 0 saturated carbocycles. The summed E-state index contributed by atoms with van der Waals surface area (Å²) in [4.78, 5) is 28.4. The van der Waals surface area contributed by atoms with Crippen molar-refractivity contribution >= 4 is 58.4 Å². The first-order chi connectivity index (χ1) is 16.9. The lowest BCUT2D eigenvalue weighted by Crippen LogP contribution is -2.51. The van der Waals surface area contributed by atoms with E-state index in [1.54, 1.807) is 23.1 Å². The Morgan fingerprint density at radius 3 is 2.17 bits per heavy atom. The first kappa shape index (κ1) is 27.4. The molecule has 0 heterocycles. The van der Waals surface area contributed by atoms with Crippen molar-refractivity contribution in [3.05, 3.63) is 105 Å². The Morgan fingerprint density at radius 1 is 0.886 bits per heavy atom. The summed E-state index contributed by atoms with van der Waals surface area (Å²) < 4.78 is 0. The molecule has 0 fully saturated rings. The first-order valence-corrected chi connectivity index (χ1v) is 13.5. The van der Waals surface area contributed by atoms with Crippen LogP contribution in [-0.2, 0) is 28.3 Å². The third-order valence-electron chi connectivity index (χ3n) is 5.42. The molecule has 3 aromatic rings. The third-order valence-corrected chi connectivity index (χ3v) is 7.37. The van der Waals surface area contributed by atoms with Gasteiger partial charge in [0.2, 0.25) is 11.8 Å². The predicted octanol–water partition coefficient (Wildman–Crippen LogP) is 6.66. The number of hydrogen-bond acceptors (Lipinski definition) is 3. The van der Waals surface area contributed by atoms with Crippen LogP contribution in [0.1, 0.15) is 23.6 Å². The molecule has 0 aliphatic rings. The van der Waals surface area contributed by atoms with Gasteiger partial charge in [0.05, 0.1) is 5.75 Å². The lowest BCUT2D eigenvalue weighted by atomic mass is 10.0. The Bertz CT molecular complexity index is 1110. The molecule has 1 N–H and O–H groups in total. The van der Waals surface area contributed by atoms with E-state index in [0.29, 0.717) is 39.3 Å². The molecule has 35 heavy (non-hydrogen) atoms. The van der Waals surface area contributed by atoms with E-state index >= 15 is 0 Å². The van der Waals surface area contributed by atoms with Crippen LogP contribution < -0.4 is 5.32 Å². The van der Waals surface area contributed by atoms with Crippen molar-refractivity contribution in [3.63, 3.8) is 0 Å². The zero-order chi connectivity index (χ0) is 25.2. The summed E-state index contributed by atoms with van der Waals surface area (Å²) in [5.74, 6) is 0.478. The van der Waals surface area contributed by atoms with E-state index in [0.717, 1.165) is 11.1 Å². The highest BCUT2D eigenvalue weighted by Crippen LogP contribution is 2.28. The molecule has 184 valence electrons. The van der Waals surface area contributed by atoms with Crippen LogP contribution in [0.25, 0.3) is 0 Å². The molecule has 8 heteroatoms. The Labute approximate surface area is 225 Å². The Balaban J connectivity index is 1.86. The molecule has 0 aliphatic carbocycles. The van der Waals surface area contributed by atoms with Gasteiger partial charge in [0.1, 0.15) is 6.04 Å². The van der Waals surface area contributed by atoms with Crippen molar-refractivity contribution in [1.82, 2.24) is 10.2 Å². The van der Waals surface area contributed by atoms with Gasteiger partial charge in [-0.1, -0.05) is 83.3 Å². The molecule has 0 spiro atoms. The maximum absolute atomic E-state index is 13.6. The summed E-state index contributed by atoms with van der Waals surface area (Å²) in [6.07, 6.45) is 0.377. The third kappa shape index (κ3) is 8.18. The molecule has 0 unspecified atom stereocenters. The number of nitrogens with zero attached hydrogens (tertiary/aromatic N) is 1. The van der Waals surface area contributed by atoms with E-state index in [2.05, 4.69) is 5.32 Å². The van der Waals surface area contributed by atoms with Crippen LogP contribution in [0.4, 0.5) is 0 Å². The van der Waals surface area contributed by atoms with Crippen molar-refractivity contribution in [2.75, 3.05) is 12.3 Å². The predicted molar refractivity (Wildman–Crippen MR) is 147 cm³/mol. The van der Waals surface area contributed by atoms with E-state index in [9.17, 15) is 9.59 Å². The van der Waals surface area contributed by atoms with Crippen molar-refractivity contribution in [3.8, 4) is 0 Å². The van der Waals surface area contributed by atoms with E-state index in [1.807, 2.05) is 61.5 Å². The molecule has 3 aromatic carbocycles. The number of nitrogens with one attached hydrogen (secondary N) is 1. The van der Waals surface area contributed by atoms with E-state index in [-0.39, 0.29) is 24.1 Å². The summed E-state index contributed by atoms with van der Waals surface area (Å²) in [5, 5.41) is 4.47. The molecule has 0 radical (unpaired) electrons. The number of hydrogen-bond donors (Lipinski definition) is 1. The molecule has 2 amide bonds. The van der Waals surface area contributed by atoms with Crippen LogP contribution in [0, 0.1) is 0 Å². The van der Waals surface area contributed by atoms with Crippen LogP contribution in [0.15, 0.2) is 72.8 Å². The standard InChI is InChI=1S/C27H27Cl3N2O2S/c1-2-31-27(34)25(15-19-7-4-3-5-8-19)32(16-22-23(29)9-6-10-24(22)30)26(33)18-35-17-20-11-13-21(28)14-12-20/h3-14,25H,2,15-18H2,1H3,(H,31,34)/t25-/m1/s1. The van der Waals surface area contributed by atoms with Gasteiger partial charge in [-0.25, -0.2) is 0 Å². The molecule has 4 nitrogen and oxygen atoms in total. The summed E-state index contributed by atoms with van der Waals surface area (Å²) in [6.45, 7) is 2.45. The first-order valence-electron chi connectivity index (χ1n) is 11.2. The minimum atomic E-state index is -0.715. The quantitative estimate of drug-likeness (QED) is 0.291. The molecule has 1 atom stereocenters. The number of likely N-dealkylation sites (N-methyl/N-ethyl adjacent to an activating group) is 1. The fraction of sp³-hybridized carbons (Fsp3) is 0.259. The second kappa shape index (κ2) is 13.8. The lowest BCUT2D eigenvalue weighted by molar-refractivity contribution is -0.139. The lowest BCUT2D eigenvalue weighted by Gasteiger charge is -2.32. The van der Waals surface area contributed by atoms with Gasteiger partial charge in [-0.2, -0.15) is 0 Å². The molecule has 3 rings (SSSR count). The van der Waals surface area contributed by atoms with Crippen LogP contribution >= 0.6 is 46.6 Å². The van der Waals surface area contributed by atoms with Crippen molar-refractivity contribution < 1.29 is 9.59 Å². The van der Waals surface area contributed by atoms with Crippen molar-refractivity contribution in [2.45, 2.75) is 31.7 Å². The van der Waals surface area contributed by atoms with Crippen molar-refractivity contribution in [1.29, 1.82) is 0 Å². The van der Waals surface area contributed by atoms with Gasteiger partial charge in [-0.3, -0.25) is 9.59 Å². The SMILES string of the molecule is CCNC(=O)[C@@H](Cc1ccccc1)N(Cc1c(Cl)cccc1Cl)C(=O)CSCc1ccc(Cl)cc1. The van der Waals surface area contributed by atoms with Crippen molar-refractivity contribution in [2.24, 2.45) is 0 Å². The molecular weight excluding hydrogens is 523 g/mol. The van der Waals surface area contributed by atoms with Gasteiger partial charge >= 0.3 is 0 Å². The van der Waals surface area contributed by atoms with Gasteiger partial charge in [-0.15, -0.1) is 11.8 Å². The fourth-order valence-corrected chi connectivity index (χ4v) is 5.13. The van der Waals surface area contributed by atoms with Crippen LogP contribution in [-0.4, -0.2) is 35.1 Å². The summed E-state index contributed by atoms with van der Waals surface area (Å²) in [6, 6.07) is 21.7. The number of rotatable bonds is 11. The fourth-order valence-electron chi connectivity index (χ4n) is 3.62. The number of halogens is 3. The molecule has 0 saturated heterocycles. The van der Waals surface area contributed by atoms with Gasteiger partial charge in [0.15, 0.2) is 0 Å². The van der Waals surface area contributed by atoms with E-state index in [4.69, 9.17) is 34.8 Å². The average molecular weight is 550 g/mol. The van der Waals surface area contributed by atoms with Crippen LogP contribution in [0.2, 0.25) is 15.1 Å². The van der Waals surface area contributed by atoms with Crippen LogP contribution in [0.3, 0.4) is 0 Å². The van der Waals surface area contributed by atoms with Gasteiger partial charge < -0.3 is 10.2 Å². The van der Waals surface area contributed by atoms with Gasteiger partial charge in [0, 0.05) is 45.9 Å². The maximum atomic E-state index is 13.6. The highest BCUT2D eigenvalue weighted by atomic mass is 35.5. The van der Waals surface area contributed by atoms with E-state index in [1.165, 1.54) is 11.8 Å². The van der Waals surface area contributed by atoms with Crippen LogP contribution in [0.5, 0.6) is 0 Å². The number of thioether (sulfide) groups is 1.